The number of nitrogens with zero attached hydrogens (tertiary/aromatic N) is 2. The summed E-state index contributed by atoms with van der Waals surface area (Å²) in [6, 6.07) is 13.8. The number of amides is 3. The highest BCUT2D eigenvalue weighted by molar-refractivity contribution is 6.00. The summed E-state index contributed by atoms with van der Waals surface area (Å²) < 4.78 is 15.9. The molecule has 1 unspecified atom stereocenters. The molecule has 34 heavy (non-hydrogen) atoms. The lowest BCUT2D eigenvalue weighted by Gasteiger charge is -2.13. The molecular formula is C24H25N5O5. The van der Waals surface area contributed by atoms with Gasteiger partial charge >= 0.3 is 12.1 Å². The Bertz CT molecular complexity index is 1160. The number of anilines is 2. The van der Waals surface area contributed by atoms with Gasteiger partial charge in [-0.3, -0.25) is 0 Å². The molecule has 0 bridgehead atoms. The van der Waals surface area contributed by atoms with Crippen LogP contribution in [0.15, 0.2) is 59.5 Å². The summed E-state index contributed by atoms with van der Waals surface area (Å²) in [6.07, 6.45) is 2.80. The lowest BCUT2D eigenvalue weighted by Crippen LogP contribution is -2.27. The zero-order valence-corrected chi connectivity index (χ0v) is 18.8. The van der Waals surface area contributed by atoms with Crippen molar-refractivity contribution < 1.29 is 23.5 Å². The van der Waals surface area contributed by atoms with Crippen LogP contribution in [0.3, 0.4) is 0 Å². The monoisotopic (exact) mass is 463 g/mol. The number of benzene rings is 2. The highest BCUT2D eigenvalue weighted by atomic mass is 16.6. The number of aromatic nitrogens is 1. The van der Waals surface area contributed by atoms with Gasteiger partial charge in [-0.05, 0) is 43.2 Å². The molecule has 2 aromatic carbocycles. The highest BCUT2D eigenvalue weighted by Crippen LogP contribution is 2.32. The summed E-state index contributed by atoms with van der Waals surface area (Å²) in [5.74, 6) is 1.08. The lowest BCUT2D eigenvalue weighted by atomic mass is 10.1. The van der Waals surface area contributed by atoms with Crippen molar-refractivity contribution in [3.63, 3.8) is 0 Å². The number of carbonyl (C=O) groups excluding carboxylic acids is 2. The molecule has 0 aliphatic carbocycles. The van der Waals surface area contributed by atoms with E-state index < -0.39 is 12.1 Å². The van der Waals surface area contributed by atoms with Crippen molar-refractivity contribution >= 4 is 23.5 Å². The molecule has 0 aliphatic rings. The van der Waals surface area contributed by atoms with Crippen molar-refractivity contribution in [2.24, 2.45) is 0 Å². The second-order valence-electron chi connectivity index (χ2n) is 7.33. The van der Waals surface area contributed by atoms with Crippen LogP contribution in [-0.2, 0) is 11.3 Å². The van der Waals surface area contributed by atoms with E-state index in [1.807, 2.05) is 12.1 Å². The molecule has 0 aliphatic heterocycles. The van der Waals surface area contributed by atoms with Gasteiger partial charge in [0.2, 0.25) is 0 Å². The largest absolute Gasteiger partial charge is 0.496 e. The van der Waals surface area contributed by atoms with Crippen LogP contribution in [0, 0.1) is 11.3 Å². The molecule has 0 saturated carbocycles. The predicted molar refractivity (Wildman–Crippen MR) is 125 cm³/mol. The topological polar surface area (TPSA) is 139 Å². The maximum atomic E-state index is 12.5. The van der Waals surface area contributed by atoms with E-state index in [0.29, 0.717) is 41.3 Å². The van der Waals surface area contributed by atoms with Gasteiger partial charge in [-0.1, -0.05) is 12.1 Å². The number of rotatable bonds is 9. The van der Waals surface area contributed by atoms with Crippen LogP contribution in [0.2, 0.25) is 0 Å². The fourth-order valence-corrected chi connectivity index (χ4v) is 3.10. The molecule has 3 aromatic rings. The fraction of sp³-hybridized carbons (Fsp3) is 0.250. The number of alkyl carbamates (subject to hydrolysis) is 1. The molecule has 0 spiro atoms. The minimum atomic E-state index is -0.565. The zero-order valence-electron chi connectivity index (χ0n) is 18.8. The molecule has 10 heteroatoms. The molecule has 0 fully saturated rings. The quantitative estimate of drug-likeness (QED) is 0.410. The second-order valence-corrected chi connectivity index (χ2v) is 7.33. The van der Waals surface area contributed by atoms with E-state index in [4.69, 9.17) is 19.2 Å². The van der Waals surface area contributed by atoms with Crippen molar-refractivity contribution in [3.8, 4) is 23.1 Å². The van der Waals surface area contributed by atoms with Gasteiger partial charge < -0.3 is 29.8 Å². The summed E-state index contributed by atoms with van der Waals surface area (Å²) in [5.41, 5.74) is 2.57. The van der Waals surface area contributed by atoms with Crippen molar-refractivity contribution in [1.82, 2.24) is 10.3 Å². The molecular weight excluding hydrogens is 438 g/mol. The van der Waals surface area contributed by atoms with Gasteiger partial charge in [0.15, 0.2) is 12.2 Å². The van der Waals surface area contributed by atoms with E-state index in [2.05, 4.69) is 20.9 Å². The van der Waals surface area contributed by atoms with E-state index in [9.17, 15) is 9.59 Å². The third-order valence-corrected chi connectivity index (χ3v) is 4.75. The second kappa shape index (κ2) is 11.9. The Balaban J connectivity index is 1.54. The maximum absolute atomic E-state index is 12.5. The van der Waals surface area contributed by atoms with E-state index in [-0.39, 0.29) is 12.6 Å². The van der Waals surface area contributed by atoms with Gasteiger partial charge in [0, 0.05) is 30.4 Å². The smallest absolute Gasteiger partial charge is 0.407 e. The minimum Gasteiger partial charge on any atom is -0.496 e. The molecule has 176 valence electrons. The Morgan fingerprint density at radius 3 is 2.68 bits per heavy atom. The summed E-state index contributed by atoms with van der Waals surface area (Å²) >= 11 is 0. The average Bonchev–Trinajstić information content (AvgIpc) is 3.36. The van der Waals surface area contributed by atoms with Gasteiger partial charge in [-0.25, -0.2) is 14.6 Å². The third-order valence-electron chi connectivity index (χ3n) is 4.75. The predicted octanol–water partition coefficient (Wildman–Crippen LogP) is 4.91. The Labute approximate surface area is 196 Å². The number of ether oxygens (including phenoxy) is 2. The number of nitrogens with one attached hydrogen (secondary N) is 3. The summed E-state index contributed by atoms with van der Waals surface area (Å²) in [4.78, 5) is 28.3. The SMILES string of the molecule is COc1cc(NC(=O)Nc2cccc(CNC(=O)OC(C)CCC#N)c2)ccc1-c1cnco1. The van der Waals surface area contributed by atoms with E-state index in [1.165, 1.54) is 13.5 Å². The molecule has 10 nitrogen and oxygen atoms in total. The van der Waals surface area contributed by atoms with Gasteiger partial charge in [-0.15, -0.1) is 0 Å². The number of oxazole rings is 1. The number of methoxy groups -OCH3 is 1. The minimum absolute atomic E-state index is 0.223. The van der Waals surface area contributed by atoms with Crippen LogP contribution in [0.5, 0.6) is 5.75 Å². The lowest BCUT2D eigenvalue weighted by molar-refractivity contribution is 0.102. The van der Waals surface area contributed by atoms with Gasteiger partial charge in [0.05, 0.1) is 24.9 Å². The molecule has 1 atom stereocenters. The van der Waals surface area contributed by atoms with E-state index in [1.54, 1.807) is 49.5 Å². The third kappa shape index (κ3) is 7.00. The van der Waals surface area contributed by atoms with Crippen LogP contribution in [0.4, 0.5) is 21.0 Å². The molecule has 3 amide bonds. The molecule has 1 heterocycles. The van der Waals surface area contributed by atoms with Crippen LogP contribution >= 0.6 is 0 Å². The van der Waals surface area contributed by atoms with Crippen molar-refractivity contribution in [1.29, 1.82) is 5.26 Å². The van der Waals surface area contributed by atoms with Crippen LogP contribution < -0.4 is 20.7 Å². The summed E-state index contributed by atoms with van der Waals surface area (Å²) in [7, 11) is 1.53. The fourth-order valence-electron chi connectivity index (χ4n) is 3.10. The first-order valence-corrected chi connectivity index (χ1v) is 10.5. The Morgan fingerprint density at radius 1 is 1.18 bits per heavy atom. The van der Waals surface area contributed by atoms with Crippen LogP contribution in [0.1, 0.15) is 25.3 Å². The number of urea groups is 1. The molecule has 0 radical (unpaired) electrons. The average molecular weight is 463 g/mol. The first-order chi connectivity index (χ1) is 16.5. The number of hydrogen-bond acceptors (Lipinski definition) is 7. The standard InChI is InChI=1S/C24H25N5O5/c1-16(5-4-10-25)34-24(31)27-13-17-6-3-7-18(11-17)28-23(30)29-19-8-9-20(21(12-19)32-2)22-14-26-15-33-22/h3,6-9,11-12,14-16H,4-5,13H2,1-2H3,(H,27,31)(H2,28,29,30). The van der Waals surface area contributed by atoms with Crippen LogP contribution in [0.25, 0.3) is 11.3 Å². The Hall–Kier alpha value is -4.52. The molecule has 3 rings (SSSR count). The van der Waals surface area contributed by atoms with E-state index >= 15 is 0 Å². The summed E-state index contributed by atoms with van der Waals surface area (Å²) in [6.45, 7) is 1.96. The van der Waals surface area contributed by atoms with Gasteiger partial charge in [0.25, 0.3) is 0 Å². The first-order valence-electron chi connectivity index (χ1n) is 10.5. The van der Waals surface area contributed by atoms with Gasteiger partial charge in [-0.2, -0.15) is 5.26 Å². The maximum Gasteiger partial charge on any atom is 0.407 e. The first kappa shape index (κ1) is 24.1. The van der Waals surface area contributed by atoms with Crippen molar-refractivity contribution in [3.05, 3.63) is 60.6 Å². The summed E-state index contributed by atoms with van der Waals surface area (Å²) in [5, 5.41) is 16.8. The normalized spacial score (nSPS) is 11.1. The highest BCUT2D eigenvalue weighted by Gasteiger charge is 2.12. The van der Waals surface area contributed by atoms with Crippen molar-refractivity contribution in [2.45, 2.75) is 32.4 Å². The Kier molecular flexibility index (Phi) is 8.46. The molecule has 3 N–H and O–H groups in total. The van der Waals surface area contributed by atoms with E-state index in [0.717, 1.165) is 5.56 Å². The number of carbonyl (C=O) groups is 2. The molecule has 0 saturated heterocycles. The van der Waals surface area contributed by atoms with Gasteiger partial charge in [0.1, 0.15) is 11.9 Å². The Morgan fingerprint density at radius 2 is 1.97 bits per heavy atom. The molecule has 1 aromatic heterocycles. The zero-order chi connectivity index (χ0) is 24.3. The van der Waals surface area contributed by atoms with Crippen molar-refractivity contribution in [2.75, 3.05) is 17.7 Å². The number of hydrogen-bond donors (Lipinski definition) is 3. The van der Waals surface area contributed by atoms with Crippen LogP contribution in [-0.4, -0.2) is 30.3 Å². The number of nitriles is 1.